The Morgan fingerprint density at radius 3 is 2.50 bits per heavy atom. The molecule has 4 rings (SSSR count). The predicted molar refractivity (Wildman–Crippen MR) is 101 cm³/mol. The lowest BCUT2D eigenvalue weighted by molar-refractivity contribution is -0.132. The molecule has 2 amide bonds. The van der Waals surface area contributed by atoms with Crippen LogP contribution in [0.4, 0.5) is 5.69 Å². The first-order valence-corrected chi connectivity index (χ1v) is 9.15. The molecule has 5 nitrogen and oxygen atoms in total. The fourth-order valence-electron chi connectivity index (χ4n) is 3.67. The number of nitrogens with one attached hydrogen (secondary N) is 2. The molecule has 2 aromatic rings. The lowest BCUT2D eigenvalue weighted by Crippen LogP contribution is -2.62. The molecule has 0 aromatic heterocycles. The van der Waals surface area contributed by atoms with Crippen LogP contribution in [0.15, 0.2) is 48.5 Å². The zero-order valence-corrected chi connectivity index (χ0v) is 15.1. The highest BCUT2D eigenvalue weighted by Crippen LogP contribution is 2.35. The van der Waals surface area contributed by atoms with E-state index < -0.39 is 5.66 Å². The monoisotopic (exact) mass is 369 g/mol. The number of para-hydroxylation sites is 1. The third kappa shape index (κ3) is 3.15. The van der Waals surface area contributed by atoms with E-state index in [9.17, 15) is 9.59 Å². The summed E-state index contributed by atoms with van der Waals surface area (Å²) in [5, 5.41) is 7.04. The number of hydrogen-bond donors (Lipinski definition) is 2. The average molecular weight is 370 g/mol. The molecule has 0 bridgehead atoms. The van der Waals surface area contributed by atoms with Gasteiger partial charge in [0.2, 0.25) is 5.91 Å². The number of piperidine rings is 1. The molecular weight excluding hydrogens is 350 g/mol. The smallest absolute Gasteiger partial charge is 0.255 e. The van der Waals surface area contributed by atoms with Gasteiger partial charge >= 0.3 is 0 Å². The van der Waals surface area contributed by atoms with Gasteiger partial charge in [-0.1, -0.05) is 48.0 Å². The van der Waals surface area contributed by atoms with Gasteiger partial charge in [0.1, 0.15) is 5.66 Å². The number of halogens is 1. The lowest BCUT2D eigenvalue weighted by Gasteiger charge is -2.46. The topological polar surface area (TPSA) is 61.4 Å². The van der Waals surface area contributed by atoms with Crippen molar-refractivity contribution < 1.29 is 9.59 Å². The van der Waals surface area contributed by atoms with Crippen molar-refractivity contribution in [2.45, 2.75) is 24.9 Å². The fraction of sp³-hybridized carbons (Fsp3) is 0.300. The number of amides is 2. The highest BCUT2D eigenvalue weighted by atomic mass is 35.5. The molecule has 0 unspecified atom stereocenters. The van der Waals surface area contributed by atoms with E-state index in [0.717, 1.165) is 5.56 Å². The largest absolute Gasteiger partial charge is 0.361 e. The summed E-state index contributed by atoms with van der Waals surface area (Å²) in [5.41, 5.74) is 1.72. The van der Waals surface area contributed by atoms with Crippen LogP contribution in [-0.4, -0.2) is 35.5 Å². The van der Waals surface area contributed by atoms with Gasteiger partial charge in [-0.3, -0.25) is 9.59 Å². The van der Waals surface area contributed by atoms with Gasteiger partial charge in [-0.25, -0.2) is 0 Å². The molecule has 0 atom stereocenters. The third-order valence-electron chi connectivity index (χ3n) is 5.14. The zero-order chi connectivity index (χ0) is 18.1. The molecule has 6 heteroatoms. The SMILES string of the molecule is O=C1NC2(CCN(C(=O)Cc3ccccc3)CC2)Nc2c(Cl)cccc21. The zero-order valence-electron chi connectivity index (χ0n) is 14.3. The third-order valence-corrected chi connectivity index (χ3v) is 5.46. The van der Waals surface area contributed by atoms with E-state index in [-0.39, 0.29) is 11.8 Å². The number of likely N-dealkylation sites (tertiary alicyclic amines) is 1. The van der Waals surface area contributed by atoms with Crippen molar-refractivity contribution in [2.24, 2.45) is 0 Å². The van der Waals surface area contributed by atoms with Crippen LogP contribution in [0.2, 0.25) is 5.02 Å². The summed E-state index contributed by atoms with van der Waals surface area (Å²) < 4.78 is 0. The molecule has 2 aromatic carbocycles. The molecule has 2 N–H and O–H groups in total. The van der Waals surface area contributed by atoms with Crippen LogP contribution in [0.1, 0.15) is 28.8 Å². The van der Waals surface area contributed by atoms with E-state index in [0.29, 0.717) is 48.6 Å². The average Bonchev–Trinajstić information content (AvgIpc) is 2.64. The van der Waals surface area contributed by atoms with Gasteiger partial charge in [-0.05, 0) is 17.7 Å². The van der Waals surface area contributed by atoms with Gasteiger partial charge in [-0.15, -0.1) is 0 Å². The van der Waals surface area contributed by atoms with Gasteiger partial charge in [0.15, 0.2) is 0 Å². The Morgan fingerprint density at radius 1 is 1.04 bits per heavy atom. The quantitative estimate of drug-likeness (QED) is 0.855. The Balaban J connectivity index is 1.44. The van der Waals surface area contributed by atoms with E-state index >= 15 is 0 Å². The number of benzene rings is 2. The van der Waals surface area contributed by atoms with E-state index in [1.165, 1.54) is 0 Å². The Hall–Kier alpha value is -2.53. The number of rotatable bonds is 2. The minimum Gasteiger partial charge on any atom is -0.361 e. The number of carbonyl (C=O) groups excluding carboxylic acids is 2. The van der Waals surface area contributed by atoms with Crippen LogP contribution in [-0.2, 0) is 11.2 Å². The summed E-state index contributed by atoms with van der Waals surface area (Å²) in [5.74, 6) is -0.00284. The number of fused-ring (bicyclic) bond motifs is 1. The first-order chi connectivity index (χ1) is 12.6. The van der Waals surface area contributed by atoms with Gasteiger partial charge < -0.3 is 15.5 Å². The number of nitrogens with zero attached hydrogens (tertiary/aromatic N) is 1. The molecule has 1 fully saturated rings. The normalized spacial score (nSPS) is 18.0. The van der Waals surface area contributed by atoms with E-state index in [4.69, 9.17) is 11.6 Å². The molecule has 1 saturated heterocycles. The van der Waals surface area contributed by atoms with Crippen molar-refractivity contribution in [3.05, 3.63) is 64.7 Å². The Morgan fingerprint density at radius 2 is 1.77 bits per heavy atom. The highest BCUT2D eigenvalue weighted by Gasteiger charge is 2.41. The number of carbonyl (C=O) groups is 2. The molecule has 134 valence electrons. The lowest BCUT2D eigenvalue weighted by atomic mass is 9.92. The Labute approximate surface area is 157 Å². The second kappa shape index (κ2) is 6.65. The van der Waals surface area contributed by atoms with Crippen molar-refractivity contribution in [1.29, 1.82) is 0 Å². The molecule has 0 aliphatic carbocycles. The van der Waals surface area contributed by atoms with Gasteiger partial charge in [-0.2, -0.15) is 0 Å². The first kappa shape index (κ1) is 16.9. The van der Waals surface area contributed by atoms with Gasteiger partial charge in [0, 0.05) is 25.9 Å². The van der Waals surface area contributed by atoms with Crippen molar-refractivity contribution >= 4 is 29.1 Å². The van der Waals surface area contributed by atoms with Crippen LogP contribution in [0.5, 0.6) is 0 Å². The van der Waals surface area contributed by atoms with Crippen molar-refractivity contribution in [2.75, 3.05) is 18.4 Å². The summed E-state index contributed by atoms with van der Waals surface area (Å²) in [6, 6.07) is 15.1. The number of anilines is 1. The van der Waals surface area contributed by atoms with Crippen molar-refractivity contribution in [3.8, 4) is 0 Å². The van der Waals surface area contributed by atoms with E-state index in [2.05, 4.69) is 10.6 Å². The summed E-state index contributed by atoms with van der Waals surface area (Å²) in [4.78, 5) is 26.9. The van der Waals surface area contributed by atoms with Crippen LogP contribution in [0.25, 0.3) is 0 Å². The summed E-state index contributed by atoms with van der Waals surface area (Å²) in [6.45, 7) is 1.19. The van der Waals surface area contributed by atoms with Crippen LogP contribution in [0, 0.1) is 0 Å². The van der Waals surface area contributed by atoms with E-state index in [1.807, 2.05) is 35.2 Å². The Kier molecular flexibility index (Phi) is 4.32. The molecule has 0 saturated carbocycles. The summed E-state index contributed by atoms with van der Waals surface area (Å²) >= 11 is 6.27. The van der Waals surface area contributed by atoms with Crippen LogP contribution < -0.4 is 10.6 Å². The van der Waals surface area contributed by atoms with Crippen LogP contribution in [0.3, 0.4) is 0 Å². The summed E-state index contributed by atoms with van der Waals surface area (Å²) in [7, 11) is 0. The summed E-state index contributed by atoms with van der Waals surface area (Å²) in [6.07, 6.45) is 1.69. The minimum absolute atomic E-state index is 0.117. The molecule has 2 aliphatic heterocycles. The van der Waals surface area contributed by atoms with Crippen molar-refractivity contribution in [1.82, 2.24) is 10.2 Å². The maximum Gasteiger partial charge on any atom is 0.255 e. The second-order valence-corrected chi connectivity index (χ2v) is 7.27. The minimum atomic E-state index is -0.543. The first-order valence-electron chi connectivity index (χ1n) is 8.77. The van der Waals surface area contributed by atoms with Crippen molar-refractivity contribution in [3.63, 3.8) is 0 Å². The highest BCUT2D eigenvalue weighted by molar-refractivity contribution is 6.34. The molecule has 1 spiro atoms. The molecule has 0 radical (unpaired) electrons. The van der Waals surface area contributed by atoms with Gasteiger partial charge in [0.05, 0.1) is 22.7 Å². The standard InChI is InChI=1S/C20H20ClN3O2/c21-16-8-4-7-15-18(16)22-20(23-19(15)26)9-11-24(12-10-20)17(25)13-14-5-2-1-3-6-14/h1-8,22H,9-13H2,(H,23,26). The molecular formula is C20H20ClN3O2. The maximum absolute atomic E-state index is 12.6. The van der Waals surface area contributed by atoms with Crippen LogP contribution >= 0.6 is 11.6 Å². The number of hydrogen-bond acceptors (Lipinski definition) is 3. The second-order valence-electron chi connectivity index (χ2n) is 6.87. The molecule has 2 aliphatic rings. The maximum atomic E-state index is 12.6. The fourth-order valence-corrected chi connectivity index (χ4v) is 3.89. The Bertz CT molecular complexity index is 845. The van der Waals surface area contributed by atoms with Gasteiger partial charge in [0.25, 0.3) is 5.91 Å². The van der Waals surface area contributed by atoms with E-state index in [1.54, 1.807) is 18.2 Å². The molecule has 26 heavy (non-hydrogen) atoms. The predicted octanol–water partition coefficient (Wildman–Crippen LogP) is 3.06. The molecule has 2 heterocycles.